The number of hydrogen-bond acceptors (Lipinski definition) is 3. The summed E-state index contributed by atoms with van der Waals surface area (Å²) in [6, 6.07) is 7.29. The Labute approximate surface area is 79.9 Å². The Hall–Kier alpha value is -0.910. The molecule has 0 spiro atoms. The lowest BCUT2D eigenvalue weighted by Gasteiger charge is -1.93. The molecular weight excluding hydrogens is 206 g/mol. The predicted molar refractivity (Wildman–Crippen MR) is 53.2 cm³/mol. The van der Waals surface area contributed by atoms with E-state index in [0.29, 0.717) is 5.39 Å². The van der Waals surface area contributed by atoms with Crippen LogP contribution in [0, 0.1) is 0 Å². The summed E-state index contributed by atoms with van der Waals surface area (Å²) in [6.07, 6.45) is 0. The van der Waals surface area contributed by atoms with Crippen LogP contribution in [-0.2, 0) is 10.0 Å². The van der Waals surface area contributed by atoms with Crippen molar-refractivity contribution < 1.29 is 8.42 Å². The summed E-state index contributed by atoms with van der Waals surface area (Å²) in [7, 11) is -3.58. The van der Waals surface area contributed by atoms with Gasteiger partial charge < -0.3 is 0 Å². The van der Waals surface area contributed by atoms with Crippen LogP contribution in [0.3, 0.4) is 0 Å². The Balaban J connectivity index is 2.87. The third kappa shape index (κ3) is 1.46. The van der Waals surface area contributed by atoms with Crippen LogP contribution in [0.5, 0.6) is 0 Å². The summed E-state index contributed by atoms with van der Waals surface area (Å²) in [5, 5.41) is 7.32. The average molecular weight is 213 g/mol. The van der Waals surface area contributed by atoms with E-state index < -0.39 is 10.0 Å². The first-order valence-electron chi connectivity index (χ1n) is 3.58. The van der Waals surface area contributed by atoms with E-state index in [9.17, 15) is 8.42 Å². The number of fused-ring (bicyclic) bond motifs is 1. The van der Waals surface area contributed by atoms with E-state index in [-0.39, 0.29) is 4.90 Å². The summed E-state index contributed by atoms with van der Waals surface area (Å²) in [5.74, 6) is 0. The molecule has 2 aromatic rings. The second-order valence-corrected chi connectivity index (χ2v) is 5.08. The monoisotopic (exact) mass is 213 g/mol. The largest absolute Gasteiger partial charge is 0.239 e. The van der Waals surface area contributed by atoms with Crippen molar-refractivity contribution in [2.75, 3.05) is 0 Å². The number of thiophene rings is 1. The molecule has 1 heterocycles. The minimum Gasteiger partial charge on any atom is -0.225 e. The van der Waals surface area contributed by atoms with Gasteiger partial charge in [-0.1, -0.05) is 18.2 Å². The highest BCUT2D eigenvalue weighted by Gasteiger charge is 2.13. The molecule has 0 unspecified atom stereocenters. The van der Waals surface area contributed by atoms with E-state index in [4.69, 9.17) is 5.14 Å². The maximum Gasteiger partial charge on any atom is 0.239 e. The molecule has 0 saturated heterocycles. The molecule has 0 aliphatic heterocycles. The van der Waals surface area contributed by atoms with Gasteiger partial charge in [-0.15, -0.1) is 11.3 Å². The number of nitrogens with two attached hydrogens (primary N) is 1. The van der Waals surface area contributed by atoms with Gasteiger partial charge in [0.15, 0.2) is 0 Å². The zero-order chi connectivity index (χ0) is 9.47. The van der Waals surface area contributed by atoms with Gasteiger partial charge in [0.25, 0.3) is 0 Å². The normalized spacial score (nSPS) is 12.1. The molecular formula is C8H7NO2S2. The van der Waals surface area contributed by atoms with Crippen molar-refractivity contribution in [1.82, 2.24) is 0 Å². The van der Waals surface area contributed by atoms with Gasteiger partial charge in [0.2, 0.25) is 10.0 Å². The molecule has 68 valence electrons. The lowest BCUT2D eigenvalue weighted by atomic mass is 10.3. The molecule has 0 aliphatic rings. The topological polar surface area (TPSA) is 60.2 Å². The summed E-state index contributed by atoms with van der Waals surface area (Å²) < 4.78 is 23.1. The summed E-state index contributed by atoms with van der Waals surface area (Å²) in [6.45, 7) is 0. The fourth-order valence-corrected chi connectivity index (χ4v) is 3.23. The minimum atomic E-state index is -3.58. The molecule has 13 heavy (non-hydrogen) atoms. The molecule has 0 saturated carbocycles. The summed E-state index contributed by atoms with van der Waals surface area (Å²) in [5.41, 5.74) is 0. The van der Waals surface area contributed by atoms with Crippen LogP contribution in [0.2, 0.25) is 0 Å². The van der Waals surface area contributed by atoms with Crippen LogP contribution in [0.4, 0.5) is 0 Å². The molecule has 0 amide bonds. The van der Waals surface area contributed by atoms with Crippen LogP contribution in [0.15, 0.2) is 34.5 Å². The van der Waals surface area contributed by atoms with Crippen LogP contribution in [0.25, 0.3) is 10.1 Å². The number of rotatable bonds is 1. The molecule has 0 radical (unpaired) electrons. The quantitative estimate of drug-likeness (QED) is 0.781. The summed E-state index contributed by atoms with van der Waals surface area (Å²) in [4.78, 5) is 0.216. The van der Waals surface area contributed by atoms with Crippen LogP contribution < -0.4 is 5.14 Å². The van der Waals surface area contributed by atoms with Gasteiger partial charge in [0.1, 0.15) is 4.90 Å². The van der Waals surface area contributed by atoms with Crippen LogP contribution >= 0.6 is 11.3 Å². The fraction of sp³-hybridized carbons (Fsp3) is 0. The molecule has 3 nitrogen and oxygen atoms in total. The van der Waals surface area contributed by atoms with Crippen LogP contribution in [-0.4, -0.2) is 8.42 Å². The van der Waals surface area contributed by atoms with Gasteiger partial charge in [-0.3, -0.25) is 0 Å². The first kappa shape index (κ1) is 8.68. The number of sulfonamides is 1. The Morgan fingerprint density at radius 1 is 1.23 bits per heavy atom. The van der Waals surface area contributed by atoms with Crippen molar-refractivity contribution in [3.05, 3.63) is 29.6 Å². The highest BCUT2D eigenvalue weighted by molar-refractivity contribution is 7.89. The Bertz CT molecular complexity index is 542. The maximum absolute atomic E-state index is 11.1. The molecule has 2 rings (SSSR count). The van der Waals surface area contributed by atoms with Crippen molar-refractivity contribution in [1.29, 1.82) is 0 Å². The van der Waals surface area contributed by atoms with Crippen LogP contribution in [0.1, 0.15) is 0 Å². The third-order valence-corrected chi connectivity index (χ3v) is 3.82. The third-order valence-electron chi connectivity index (χ3n) is 1.75. The summed E-state index contributed by atoms with van der Waals surface area (Å²) >= 11 is 1.38. The molecule has 0 fully saturated rings. The van der Waals surface area contributed by atoms with Crippen molar-refractivity contribution >= 4 is 31.4 Å². The molecule has 1 aromatic carbocycles. The first-order valence-corrected chi connectivity index (χ1v) is 6.00. The number of hydrogen-bond donors (Lipinski definition) is 1. The van der Waals surface area contributed by atoms with Gasteiger partial charge in [-0.25, -0.2) is 13.6 Å². The van der Waals surface area contributed by atoms with E-state index in [1.165, 1.54) is 11.3 Å². The van der Waals surface area contributed by atoms with Crippen molar-refractivity contribution in [2.45, 2.75) is 4.90 Å². The Morgan fingerprint density at radius 2 is 1.92 bits per heavy atom. The van der Waals surface area contributed by atoms with Crippen molar-refractivity contribution in [2.24, 2.45) is 5.14 Å². The molecule has 0 bridgehead atoms. The van der Waals surface area contributed by atoms with Gasteiger partial charge in [0.05, 0.1) is 0 Å². The minimum absolute atomic E-state index is 0.216. The predicted octanol–water partition coefficient (Wildman–Crippen LogP) is 1.55. The Morgan fingerprint density at radius 3 is 2.62 bits per heavy atom. The Kier molecular flexibility index (Phi) is 1.87. The van der Waals surface area contributed by atoms with Gasteiger partial charge in [-0.2, -0.15) is 0 Å². The zero-order valence-corrected chi connectivity index (χ0v) is 8.23. The second-order valence-electron chi connectivity index (χ2n) is 2.64. The maximum atomic E-state index is 11.1. The molecule has 0 atom stereocenters. The van der Waals surface area contributed by atoms with Gasteiger partial charge >= 0.3 is 0 Å². The molecule has 5 heteroatoms. The lowest BCUT2D eigenvalue weighted by molar-refractivity contribution is 0.599. The molecule has 2 N–H and O–H groups in total. The zero-order valence-electron chi connectivity index (χ0n) is 6.60. The fourth-order valence-electron chi connectivity index (χ4n) is 1.17. The van der Waals surface area contributed by atoms with E-state index >= 15 is 0 Å². The standard InChI is InChI=1S/C8H7NO2S2/c9-13(10,11)8-5-12-7-4-2-1-3-6(7)8/h1-5H,(H2,9,10,11). The smallest absolute Gasteiger partial charge is 0.225 e. The highest BCUT2D eigenvalue weighted by Crippen LogP contribution is 2.27. The van der Waals surface area contributed by atoms with E-state index in [1.807, 2.05) is 12.1 Å². The van der Waals surface area contributed by atoms with Crippen molar-refractivity contribution in [3.63, 3.8) is 0 Å². The van der Waals surface area contributed by atoms with Crippen molar-refractivity contribution in [3.8, 4) is 0 Å². The van der Waals surface area contributed by atoms with E-state index in [1.54, 1.807) is 17.5 Å². The first-order chi connectivity index (χ1) is 6.09. The highest BCUT2D eigenvalue weighted by atomic mass is 32.2. The molecule has 0 aliphatic carbocycles. The average Bonchev–Trinajstić information content (AvgIpc) is 2.45. The van der Waals surface area contributed by atoms with E-state index in [2.05, 4.69) is 0 Å². The lowest BCUT2D eigenvalue weighted by Crippen LogP contribution is -2.11. The van der Waals surface area contributed by atoms with Gasteiger partial charge in [0, 0.05) is 15.5 Å². The number of primary sulfonamides is 1. The number of benzene rings is 1. The van der Waals surface area contributed by atoms with Gasteiger partial charge in [-0.05, 0) is 6.07 Å². The van der Waals surface area contributed by atoms with E-state index in [0.717, 1.165) is 4.70 Å². The molecule has 1 aromatic heterocycles. The SMILES string of the molecule is NS(=O)(=O)c1csc2ccccc12. The second kappa shape index (κ2) is 2.80.